The van der Waals surface area contributed by atoms with Crippen LogP contribution in [-0.2, 0) is 10.2 Å². The summed E-state index contributed by atoms with van der Waals surface area (Å²) < 4.78 is 17.7. The summed E-state index contributed by atoms with van der Waals surface area (Å²) in [6, 6.07) is 15.7. The molecule has 1 aliphatic carbocycles. The molecule has 2 aromatic carbocycles. The third-order valence-corrected chi connectivity index (χ3v) is 6.45. The maximum atomic E-state index is 13.7. The lowest BCUT2D eigenvalue weighted by Gasteiger charge is -2.23. The third kappa shape index (κ3) is 3.56. The summed E-state index contributed by atoms with van der Waals surface area (Å²) in [4.78, 5) is 13.7. The summed E-state index contributed by atoms with van der Waals surface area (Å²) >= 11 is 0. The highest BCUT2D eigenvalue weighted by molar-refractivity contribution is 5.92. The number of fused-ring (bicyclic) bond motifs is 1. The van der Waals surface area contributed by atoms with E-state index in [4.69, 9.17) is 13.9 Å². The highest BCUT2D eigenvalue weighted by Gasteiger charge is 2.52. The van der Waals surface area contributed by atoms with Crippen molar-refractivity contribution < 1.29 is 18.7 Å². The van der Waals surface area contributed by atoms with Gasteiger partial charge in [0.2, 0.25) is 11.7 Å². The maximum Gasteiger partial charge on any atom is 0.246 e. The van der Waals surface area contributed by atoms with Crippen LogP contribution in [0.25, 0.3) is 0 Å². The SMILES string of the molecule is Cc1ccc(C(NC(=O)C2(c3ccc4c(c3)OC(C)(C)O4)CC2)c2ccc(C)o2)c(C)c1. The molecule has 1 unspecified atom stereocenters. The molecule has 5 nitrogen and oxygen atoms in total. The Balaban J connectivity index is 1.46. The van der Waals surface area contributed by atoms with Crippen molar-refractivity contribution in [1.29, 1.82) is 0 Å². The van der Waals surface area contributed by atoms with Gasteiger partial charge >= 0.3 is 0 Å². The molecule has 32 heavy (non-hydrogen) atoms. The Kier molecular flexibility index (Phi) is 4.63. The number of rotatable bonds is 5. The van der Waals surface area contributed by atoms with Gasteiger partial charge in [0, 0.05) is 13.8 Å². The minimum Gasteiger partial charge on any atom is -0.464 e. The van der Waals surface area contributed by atoms with Gasteiger partial charge in [-0.2, -0.15) is 0 Å². The van der Waals surface area contributed by atoms with E-state index in [1.54, 1.807) is 0 Å². The van der Waals surface area contributed by atoms with E-state index in [1.807, 2.05) is 51.1 Å². The molecule has 2 aliphatic rings. The van der Waals surface area contributed by atoms with Gasteiger partial charge in [-0.3, -0.25) is 4.79 Å². The summed E-state index contributed by atoms with van der Waals surface area (Å²) in [5.41, 5.74) is 3.77. The number of ether oxygens (including phenoxy) is 2. The van der Waals surface area contributed by atoms with Crippen molar-refractivity contribution in [2.75, 3.05) is 0 Å². The molecular formula is C27H29NO4. The molecule has 0 bridgehead atoms. The molecule has 1 N–H and O–H groups in total. The van der Waals surface area contributed by atoms with Crippen molar-refractivity contribution in [3.63, 3.8) is 0 Å². The Morgan fingerprint density at radius 1 is 0.938 bits per heavy atom. The van der Waals surface area contributed by atoms with Crippen molar-refractivity contribution in [2.24, 2.45) is 0 Å². The quantitative estimate of drug-likeness (QED) is 0.567. The molecule has 3 aromatic rings. The Morgan fingerprint density at radius 3 is 2.34 bits per heavy atom. The van der Waals surface area contributed by atoms with Gasteiger partial charge in [-0.05, 0) is 74.6 Å². The average molecular weight is 432 g/mol. The van der Waals surface area contributed by atoms with Crippen LogP contribution in [0.15, 0.2) is 52.9 Å². The van der Waals surface area contributed by atoms with E-state index in [-0.39, 0.29) is 11.9 Å². The van der Waals surface area contributed by atoms with Crippen LogP contribution in [0.5, 0.6) is 11.5 Å². The standard InChI is InChI=1S/C27H29NO4/c1-16-6-9-20(17(2)14-16)24(22-10-7-18(3)30-22)28-25(29)27(12-13-27)19-8-11-21-23(15-19)32-26(4,5)31-21/h6-11,14-15,24H,12-13H2,1-5H3,(H,28,29). The fraction of sp³-hybridized carbons (Fsp3) is 0.370. The van der Waals surface area contributed by atoms with Crippen LogP contribution in [0.4, 0.5) is 0 Å². The largest absolute Gasteiger partial charge is 0.464 e. The van der Waals surface area contributed by atoms with Crippen LogP contribution in [0.1, 0.15) is 66.5 Å². The molecule has 1 fully saturated rings. The normalized spacial score (nSPS) is 18.3. The highest BCUT2D eigenvalue weighted by Crippen LogP contribution is 2.52. The monoisotopic (exact) mass is 431 g/mol. The second-order valence-electron chi connectivity index (χ2n) is 9.56. The van der Waals surface area contributed by atoms with E-state index in [1.165, 1.54) is 5.56 Å². The molecule has 0 spiro atoms. The topological polar surface area (TPSA) is 60.7 Å². The lowest BCUT2D eigenvalue weighted by molar-refractivity contribution is -0.124. The molecule has 0 saturated heterocycles. The molecule has 1 aromatic heterocycles. The number of carbonyl (C=O) groups is 1. The van der Waals surface area contributed by atoms with Crippen LogP contribution in [0.3, 0.4) is 0 Å². The van der Waals surface area contributed by atoms with Crippen molar-refractivity contribution >= 4 is 5.91 Å². The van der Waals surface area contributed by atoms with Crippen LogP contribution in [0, 0.1) is 20.8 Å². The van der Waals surface area contributed by atoms with Crippen molar-refractivity contribution in [3.05, 3.63) is 82.3 Å². The van der Waals surface area contributed by atoms with Gasteiger partial charge in [0.25, 0.3) is 0 Å². The Labute approximate surface area is 188 Å². The fourth-order valence-electron chi connectivity index (χ4n) is 4.62. The molecule has 1 amide bonds. The van der Waals surface area contributed by atoms with E-state index in [9.17, 15) is 4.79 Å². The lowest BCUT2D eigenvalue weighted by Crippen LogP contribution is -2.38. The Morgan fingerprint density at radius 2 is 1.69 bits per heavy atom. The van der Waals surface area contributed by atoms with Crippen molar-refractivity contribution in [3.8, 4) is 11.5 Å². The third-order valence-electron chi connectivity index (χ3n) is 6.45. The van der Waals surface area contributed by atoms with Gasteiger partial charge in [-0.1, -0.05) is 29.8 Å². The molecule has 0 radical (unpaired) electrons. The van der Waals surface area contributed by atoms with E-state index in [0.29, 0.717) is 11.5 Å². The average Bonchev–Trinajstić information content (AvgIpc) is 3.32. The fourth-order valence-corrected chi connectivity index (χ4v) is 4.62. The van der Waals surface area contributed by atoms with Gasteiger partial charge in [-0.15, -0.1) is 0 Å². The number of amides is 1. The minimum atomic E-state index is -0.689. The van der Waals surface area contributed by atoms with Gasteiger partial charge < -0.3 is 19.2 Å². The van der Waals surface area contributed by atoms with E-state index < -0.39 is 11.2 Å². The first-order chi connectivity index (χ1) is 15.2. The van der Waals surface area contributed by atoms with Crippen LogP contribution in [0.2, 0.25) is 0 Å². The molecule has 2 heterocycles. The smallest absolute Gasteiger partial charge is 0.246 e. The summed E-state index contributed by atoms with van der Waals surface area (Å²) in [5.74, 6) is 2.29. The molecule has 1 aliphatic heterocycles. The lowest BCUT2D eigenvalue weighted by atomic mass is 9.92. The van der Waals surface area contributed by atoms with Gasteiger partial charge in [0.05, 0.1) is 5.41 Å². The number of benzene rings is 2. The van der Waals surface area contributed by atoms with E-state index in [2.05, 4.69) is 37.4 Å². The molecule has 5 heteroatoms. The number of carbonyl (C=O) groups excluding carboxylic acids is 1. The molecule has 5 rings (SSSR count). The van der Waals surface area contributed by atoms with E-state index in [0.717, 1.165) is 41.1 Å². The predicted molar refractivity (Wildman–Crippen MR) is 122 cm³/mol. The maximum absolute atomic E-state index is 13.7. The molecular weight excluding hydrogens is 402 g/mol. The Hall–Kier alpha value is -3.21. The second kappa shape index (κ2) is 7.16. The van der Waals surface area contributed by atoms with Gasteiger partial charge in [-0.25, -0.2) is 0 Å². The first-order valence-corrected chi connectivity index (χ1v) is 11.1. The summed E-state index contributed by atoms with van der Waals surface area (Å²) in [6.45, 7) is 9.82. The molecule has 166 valence electrons. The molecule has 1 atom stereocenters. The molecule has 1 saturated carbocycles. The van der Waals surface area contributed by atoms with Gasteiger partial charge in [0.15, 0.2) is 11.5 Å². The zero-order chi connectivity index (χ0) is 22.7. The minimum absolute atomic E-state index is 0.00894. The summed E-state index contributed by atoms with van der Waals surface area (Å²) in [6.07, 6.45) is 1.61. The predicted octanol–water partition coefficient (Wildman–Crippen LogP) is 5.65. The van der Waals surface area contributed by atoms with Crippen LogP contribution >= 0.6 is 0 Å². The van der Waals surface area contributed by atoms with Crippen molar-refractivity contribution in [1.82, 2.24) is 5.32 Å². The number of aryl methyl sites for hydroxylation is 3. The first kappa shape index (κ1) is 20.7. The highest BCUT2D eigenvalue weighted by atomic mass is 16.7. The number of furan rings is 1. The zero-order valence-corrected chi connectivity index (χ0v) is 19.2. The van der Waals surface area contributed by atoms with Crippen LogP contribution < -0.4 is 14.8 Å². The Bertz CT molecular complexity index is 1200. The number of nitrogens with one attached hydrogen (secondary N) is 1. The second-order valence-corrected chi connectivity index (χ2v) is 9.56. The van der Waals surface area contributed by atoms with Gasteiger partial charge in [0.1, 0.15) is 17.6 Å². The summed E-state index contributed by atoms with van der Waals surface area (Å²) in [7, 11) is 0. The van der Waals surface area contributed by atoms with Crippen molar-refractivity contribution in [2.45, 2.75) is 64.7 Å². The van der Waals surface area contributed by atoms with Crippen LogP contribution in [-0.4, -0.2) is 11.7 Å². The number of hydrogen-bond donors (Lipinski definition) is 1. The first-order valence-electron chi connectivity index (χ1n) is 11.1. The number of hydrogen-bond acceptors (Lipinski definition) is 4. The van der Waals surface area contributed by atoms with E-state index >= 15 is 0 Å². The zero-order valence-electron chi connectivity index (χ0n) is 19.2. The summed E-state index contributed by atoms with van der Waals surface area (Å²) in [5, 5.41) is 3.30.